The van der Waals surface area contributed by atoms with Crippen LogP contribution in [0.3, 0.4) is 0 Å². The number of thiophene rings is 1. The predicted molar refractivity (Wildman–Crippen MR) is 405 cm³/mol. The van der Waals surface area contributed by atoms with Gasteiger partial charge in [-0.1, -0.05) is 224 Å². The first-order chi connectivity index (χ1) is 47.6. The molecule has 0 aliphatic heterocycles. The van der Waals surface area contributed by atoms with E-state index in [4.69, 9.17) is 8.83 Å². The Hall–Kier alpha value is -12.5. The van der Waals surface area contributed by atoms with Crippen LogP contribution in [0.15, 0.2) is 342 Å². The van der Waals surface area contributed by atoms with Crippen LogP contribution in [-0.4, -0.2) is 13.7 Å². The van der Waals surface area contributed by atoms with Crippen molar-refractivity contribution in [3.8, 4) is 61.6 Å². The van der Waals surface area contributed by atoms with Crippen LogP contribution in [0.4, 0.5) is 0 Å². The summed E-state index contributed by atoms with van der Waals surface area (Å²) in [4.78, 5) is 0. The van der Waals surface area contributed by atoms with Crippen molar-refractivity contribution in [3.05, 3.63) is 334 Å². The molecule has 15 aromatic carbocycles. The van der Waals surface area contributed by atoms with Crippen LogP contribution in [0.5, 0.6) is 0 Å². The van der Waals surface area contributed by atoms with Gasteiger partial charge in [0.2, 0.25) is 0 Å². The van der Waals surface area contributed by atoms with Gasteiger partial charge in [-0.05, 0) is 148 Å². The van der Waals surface area contributed by atoms with E-state index < -0.39 is 0 Å². The average Bonchev–Trinajstić information content (AvgIpc) is 1.57. The number of para-hydroxylation sites is 5. The summed E-state index contributed by atoms with van der Waals surface area (Å²) in [7, 11) is 0. The minimum atomic E-state index is 0.910. The molecule has 0 saturated carbocycles. The Bertz CT molecular complexity index is 6660. The quantitative estimate of drug-likeness (QED) is 0.160. The molecule has 0 atom stereocenters. The van der Waals surface area contributed by atoms with Gasteiger partial charge < -0.3 is 22.5 Å². The largest absolute Gasteiger partial charge is 0.455 e. The van der Waals surface area contributed by atoms with Crippen molar-refractivity contribution in [2.45, 2.75) is 0 Å². The van der Waals surface area contributed by atoms with Crippen LogP contribution in [0.2, 0.25) is 0 Å². The lowest BCUT2D eigenvalue weighted by Crippen LogP contribution is -1.94. The minimum absolute atomic E-state index is 0.910. The Kier molecular flexibility index (Phi) is 12.1. The average molecular weight is 1240 g/mol. The van der Waals surface area contributed by atoms with Crippen molar-refractivity contribution in [1.29, 1.82) is 0 Å². The number of benzene rings is 15. The molecule has 0 unspecified atom stereocenters. The number of nitrogens with zero attached hydrogens (tertiary/aromatic N) is 3. The first-order valence-electron chi connectivity index (χ1n) is 32.7. The normalized spacial score (nSPS) is 12.0. The first-order valence-corrected chi connectivity index (χ1v) is 33.5. The molecule has 0 N–H and O–H groups in total. The molecule has 448 valence electrons. The maximum Gasteiger partial charge on any atom is 0.145 e. The van der Waals surface area contributed by atoms with E-state index >= 15 is 0 Å². The number of hydrogen-bond donors (Lipinski definition) is 0. The summed E-state index contributed by atoms with van der Waals surface area (Å²) in [5.74, 6) is 0. The highest BCUT2D eigenvalue weighted by Crippen LogP contribution is 2.47. The molecule has 0 bridgehead atoms. The second-order valence-corrected chi connectivity index (χ2v) is 26.1. The summed E-state index contributed by atoms with van der Waals surface area (Å²) in [5, 5.41) is 14.4. The fourth-order valence-corrected chi connectivity index (χ4v) is 16.6. The van der Waals surface area contributed by atoms with E-state index in [1.165, 1.54) is 97.3 Å². The Labute approximate surface area is 555 Å². The van der Waals surface area contributed by atoms with E-state index in [0.29, 0.717) is 0 Å². The van der Waals surface area contributed by atoms with Crippen LogP contribution in [-0.2, 0) is 0 Å². The minimum Gasteiger partial charge on any atom is -0.455 e. The second-order valence-electron chi connectivity index (χ2n) is 25.0. The monoisotopic (exact) mass is 1240 g/mol. The highest BCUT2D eigenvalue weighted by atomic mass is 32.1. The van der Waals surface area contributed by atoms with Crippen molar-refractivity contribution in [1.82, 2.24) is 13.7 Å². The summed E-state index contributed by atoms with van der Waals surface area (Å²) in [6.07, 6.45) is 0. The molecule has 0 amide bonds. The van der Waals surface area contributed by atoms with E-state index in [9.17, 15) is 0 Å². The summed E-state index contributed by atoms with van der Waals surface area (Å²) < 4.78 is 23.3. The molecule has 0 fully saturated rings. The maximum absolute atomic E-state index is 6.84. The zero-order valence-electron chi connectivity index (χ0n) is 51.8. The van der Waals surface area contributed by atoms with Crippen molar-refractivity contribution in [3.63, 3.8) is 0 Å². The summed E-state index contributed by atoms with van der Waals surface area (Å²) in [5.41, 5.74) is 23.7. The molecule has 21 aromatic rings. The maximum atomic E-state index is 6.84. The van der Waals surface area contributed by atoms with Gasteiger partial charge >= 0.3 is 0 Å². The number of fused-ring (bicyclic) bond motifs is 20. The molecule has 0 aliphatic rings. The molecule has 0 saturated heterocycles. The Morgan fingerprint density at radius 3 is 1.35 bits per heavy atom. The van der Waals surface area contributed by atoms with Gasteiger partial charge in [0.1, 0.15) is 22.3 Å². The van der Waals surface area contributed by atoms with Gasteiger partial charge in [-0.3, -0.25) is 0 Å². The van der Waals surface area contributed by atoms with Gasteiger partial charge in [-0.15, -0.1) is 11.3 Å². The summed E-state index contributed by atoms with van der Waals surface area (Å²) in [6, 6.07) is 120. The van der Waals surface area contributed by atoms with E-state index in [0.717, 1.165) is 93.7 Å². The molecule has 6 aromatic heterocycles. The van der Waals surface area contributed by atoms with Crippen molar-refractivity contribution >= 4 is 141 Å². The molecular weight excluding hydrogens is 1190 g/mol. The molecule has 0 spiro atoms. The molecule has 0 radical (unpaired) electrons. The van der Waals surface area contributed by atoms with Crippen LogP contribution in [0.25, 0.3) is 191 Å². The number of rotatable bonds is 7. The van der Waals surface area contributed by atoms with Gasteiger partial charge in [0.15, 0.2) is 0 Å². The van der Waals surface area contributed by atoms with E-state index in [1.54, 1.807) is 0 Å². The molecule has 6 heteroatoms. The molecule has 96 heavy (non-hydrogen) atoms. The molecule has 21 rings (SSSR count). The molecule has 6 heterocycles. The highest BCUT2D eigenvalue weighted by Gasteiger charge is 2.23. The smallest absolute Gasteiger partial charge is 0.145 e. The van der Waals surface area contributed by atoms with Crippen LogP contribution < -0.4 is 0 Å². The van der Waals surface area contributed by atoms with Gasteiger partial charge in [0, 0.05) is 85.9 Å². The van der Waals surface area contributed by atoms with Gasteiger partial charge in [-0.2, -0.15) is 0 Å². The lowest BCUT2D eigenvalue weighted by Gasteiger charge is -2.11. The van der Waals surface area contributed by atoms with Crippen LogP contribution in [0.1, 0.15) is 0 Å². The standard InChI is InChI=1S/C48H30N2O.C42H25NOS/c1-3-11-31(12-4-1)34-22-27-44-41(30-34)47-45(28-25-39-38-16-8-10-18-46(38)51-48(39)47)50(44)36-23-19-32(20-24-36)33-21-26-43-40(29-33)37-15-7-9-17-42(37)49(43)35-13-5-2-6-14-35;1-2-10-26(11-3-1)29-14-8-16-32-33-24-25-37-39(41(33)44-40(29)32)35-13-4-6-18-36(35)43(37)28-22-20-27(21-23-28)30-15-9-17-34-31-12-5-7-19-38(31)45-42(30)34/h1-30H;1-25H. The van der Waals surface area contributed by atoms with E-state index in [-0.39, 0.29) is 0 Å². The number of hydrogen-bond acceptors (Lipinski definition) is 3. The van der Waals surface area contributed by atoms with Crippen LogP contribution >= 0.6 is 11.3 Å². The van der Waals surface area contributed by atoms with Gasteiger partial charge in [0.25, 0.3) is 0 Å². The third-order valence-electron chi connectivity index (χ3n) is 19.8. The third-order valence-corrected chi connectivity index (χ3v) is 21.0. The zero-order chi connectivity index (χ0) is 63.0. The highest BCUT2D eigenvalue weighted by molar-refractivity contribution is 7.26. The Balaban J connectivity index is 0.000000132. The topological polar surface area (TPSA) is 41.1 Å². The van der Waals surface area contributed by atoms with E-state index in [2.05, 4.69) is 341 Å². The first kappa shape index (κ1) is 54.1. The molecule has 0 aliphatic carbocycles. The lowest BCUT2D eigenvalue weighted by atomic mass is 10.0. The molecular formula is C90H55N3O2S. The fraction of sp³-hybridized carbons (Fsp3) is 0. The zero-order valence-corrected chi connectivity index (χ0v) is 52.6. The number of aromatic nitrogens is 3. The molecule has 5 nitrogen and oxygen atoms in total. The van der Waals surface area contributed by atoms with E-state index in [1.807, 2.05) is 17.4 Å². The predicted octanol–water partition coefficient (Wildman–Crippen LogP) is 25.5. The van der Waals surface area contributed by atoms with Crippen LogP contribution in [0, 0.1) is 0 Å². The third kappa shape index (κ3) is 8.35. The second kappa shape index (κ2) is 21.6. The summed E-state index contributed by atoms with van der Waals surface area (Å²) in [6.45, 7) is 0. The van der Waals surface area contributed by atoms with Gasteiger partial charge in [-0.25, -0.2) is 0 Å². The SMILES string of the molecule is c1ccc(-c2ccc3c(c2)c2c4oc5ccccc5c4ccc2n3-c2ccc(-c3ccc4c(c3)c3ccccc3n4-c3ccccc3)cc2)cc1.c1ccc(-c2cccc3c2oc2c3ccc3c2c2ccccc2n3-c2ccc(-c3cccc4c3sc3ccccc34)cc2)cc1. The summed E-state index contributed by atoms with van der Waals surface area (Å²) >= 11 is 1.88. The van der Waals surface area contributed by atoms with Gasteiger partial charge in [0.05, 0.1) is 43.9 Å². The Morgan fingerprint density at radius 1 is 0.219 bits per heavy atom. The fourth-order valence-electron chi connectivity index (χ4n) is 15.4. The van der Waals surface area contributed by atoms with Crippen molar-refractivity contribution in [2.24, 2.45) is 0 Å². The van der Waals surface area contributed by atoms with Crippen molar-refractivity contribution in [2.75, 3.05) is 0 Å². The lowest BCUT2D eigenvalue weighted by molar-refractivity contribution is 0.673. The number of furan rings is 2. The Morgan fingerprint density at radius 2 is 0.646 bits per heavy atom. The van der Waals surface area contributed by atoms with Crippen molar-refractivity contribution < 1.29 is 8.83 Å².